The number of rotatable bonds is 4. The maximum absolute atomic E-state index is 8.81. The molecule has 0 saturated heterocycles. The first-order valence-electron chi connectivity index (χ1n) is 19.0. The number of hydrogen-bond donors (Lipinski definition) is 0. The molecule has 0 amide bonds. The fourth-order valence-corrected chi connectivity index (χ4v) is 9.76. The monoisotopic (exact) mass is 691 g/mol. The summed E-state index contributed by atoms with van der Waals surface area (Å²) in [5, 5.41) is 6.85. The fraction of sp³-hybridized carbons (Fsp3) is 0. The highest BCUT2D eigenvalue weighted by atomic mass is 32.1. The van der Waals surface area contributed by atoms with Crippen LogP contribution in [-0.2, 0) is 0 Å². The summed E-state index contributed by atoms with van der Waals surface area (Å²) >= 11 is 3.35. The van der Waals surface area contributed by atoms with Crippen molar-refractivity contribution in [3.8, 4) is 39.9 Å². The molecule has 4 aromatic heterocycles. The van der Waals surface area contributed by atoms with Gasteiger partial charge < -0.3 is 4.57 Å². The molecule has 0 aliphatic rings. The van der Waals surface area contributed by atoms with Crippen molar-refractivity contribution in [2.24, 2.45) is 0 Å². The minimum atomic E-state index is -0.469. The molecule has 0 saturated carbocycles. The Morgan fingerprint density at radius 1 is 0.451 bits per heavy atom. The molecule has 0 bridgehead atoms. The number of aromatic nitrogens is 4. The van der Waals surface area contributed by atoms with Crippen molar-refractivity contribution in [1.29, 1.82) is 0 Å². The number of para-hydroxylation sites is 2. The SMILES string of the molecule is [2H]c1c([2H])c([2H])c(-c2nc(-c3ccc4c(c3)sc3c(-n5c6ccccc6c6ccccc65)cccc34)nc(-c3cccc4c3sc3ccccc34)n2)c([2H])c1[2H]. The van der Waals surface area contributed by atoms with Crippen molar-refractivity contribution in [1.82, 2.24) is 19.5 Å². The summed E-state index contributed by atoms with van der Waals surface area (Å²) in [6.07, 6.45) is 0. The molecule has 6 heteroatoms. The standard InChI is InChI=1S/C45H26N4S2/c1-2-12-27(13-3-1)43-46-44(48-45(47-43)35-19-10-17-33-31-16-6-9-23-39(31)50-41(33)35)28-24-25-32-34-18-11-22-38(42(34)51-40(32)26-28)49-36-20-7-4-14-29(36)30-15-5-8-21-37(30)49/h1-26H/i1D,2D,3D,12D,13D. The first kappa shape index (κ1) is 24.0. The van der Waals surface area contributed by atoms with Crippen LogP contribution in [0.4, 0.5) is 0 Å². The third kappa shape index (κ3) is 4.40. The van der Waals surface area contributed by atoms with Gasteiger partial charge in [0.05, 0.1) is 28.3 Å². The van der Waals surface area contributed by atoms with Gasteiger partial charge in [-0.1, -0.05) is 121 Å². The molecular formula is C45H26N4S2. The molecule has 0 atom stereocenters. The lowest BCUT2D eigenvalue weighted by Crippen LogP contribution is -2.00. The lowest BCUT2D eigenvalue weighted by molar-refractivity contribution is 1.08. The van der Waals surface area contributed by atoms with Gasteiger partial charge in [0.2, 0.25) is 0 Å². The van der Waals surface area contributed by atoms with E-state index in [0.29, 0.717) is 11.6 Å². The van der Waals surface area contributed by atoms with Crippen molar-refractivity contribution in [3.05, 3.63) is 158 Å². The zero-order chi connectivity index (χ0) is 37.8. The zero-order valence-electron chi connectivity index (χ0n) is 31.7. The first-order valence-corrected chi connectivity index (χ1v) is 18.2. The molecule has 0 aliphatic carbocycles. The van der Waals surface area contributed by atoms with Crippen LogP contribution in [0.1, 0.15) is 6.85 Å². The summed E-state index contributed by atoms with van der Waals surface area (Å²) in [5.74, 6) is 0.723. The smallest absolute Gasteiger partial charge is 0.165 e. The number of benzene rings is 7. The summed E-state index contributed by atoms with van der Waals surface area (Å²) in [5.41, 5.74) is 4.83. The van der Waals surface area contributed by atoms with Crippen LogP contribution in [0.15, 0.2) is 158 Å². The van der Waals surface area contributed by atoms with Crippen molar-refractivity contribution in [3.63, 3.8) is 0 Å². The second kappa shape index (κ2) is 11.2. The number of hydrogen-bond acceptors (Lipinski definition) is 5. The molecule has 0 aliphatic heterocycles. The number of fused-ring (bicyclic) bond motifs is 9. The molecule has 0 fully saturated rings. The molecular weight excluding hydrogens is 661 g/mol. The predicted octanol–water partition coefficient (Wildman–Crippen LogP) is 12.7. The van der Waals surface area contributed by atoms with Crippen LogP contribution in [0, 0.1) is 0 Å². The quantitative estimate of drug-likeness (QED) is 0.184. The Morgan fingerprint density at radius 3 is 1.82 bits per heavy atom. The van der Waals surface area contributed by atoms with Gasteiger partial charge in [-0.25, -0.2) is 15.0 Å². The molecule has 4 heterocycles. The minimum absolute atomic E-state index is 0.0187. The molecule has 0 radical (unpaired) electrons. The molecule has 51 heavy (non-hydrogen) atoms. The Morgan fingerprint density at radius 2 is 1.04 bits per heavy atom. The maximum atomic E-state index is 8.81. The van der Waals surface area contributed by atoms with Gasteiger partial charge in [0.25, 0.3) is 0 Å². The maximum Gasteiger partial charge on any atom is 0.165 e. The average molecular weight is 692 g/mol. The van der Waals surface area contributed by atoms with Gasteiger partial charge in [-0.15, -0.1) is 22.7 Å². The normalized spacial score (nSPS) is 13.3. The van der Waals surface area contributed by atoms with E-state index in [1.807, 2.05) is 30.3 Å². The van der Waals surface area contributed by atoms with E-state index in [1.54, 1.807) is 22.7 Å². The second-order valence-corrected chi connectivity index (χ2v) is 14.5. The zero-order valence-corrected chi connectivity index (χ0v) is 28.4. The fourth-order valence-electron chi connectivity index (χ4n) is 7.30. The highest BCUT2D eigenvalue weighted by Crippen LogP contribution is 2.43. The van der Waals surface area contributed by atoms with Crippen LogP contribution >= 0.6 is 22.7 Å². The Hall–Kier alpha value is -6.21. The van der Waals surface area contributed by atoms with E-state index in [0.717, 1.165) is 68.2 Å². The van der Waals surface area contributed by atoms with Gasteiger partial charge in [0, 0.05) is 63.1 Å². The second-order valence-electron chi connectivity index (χ2n) is 12.4. The van der Waals surface area contributed by atoms with Gasteiger partial charge >= 0.3 is 0 Å². The van der Waals surface area contributed by atoms with Gasteiger partial charge in [-0.05, 0) is 36.4 Å². The molecule has 0 spiro atoms. The van der Waals surface area contributed by atoms with Gasteiger partial charge in [-0.3, -0.25) is 0 Å². The summed E-state index contributed by atoms with van der Waals surface area (Å²) < 4.78 is 49.3. The van der Waals surface area contributed by atoms with Crippen LogP contribution in [0.25, 0.3) is 102 Å². The van der Waals surface area contributed by atoms with Crippen LogP contribution in [-0.4, -0.2) is 19.5 Å². The van der Waals surface area contributed by atoms with E-state index >= 15 is 0 Å². The lowest BCUT2D eigenvalue weighted by atomic mass is 10.1. The molecule has 11 aromatic rings. The number of thiophene rings is 2. The summed E-state index contributed by atoms with van der Waals surface area (Å²) in [6, 6.07) is 41.8. The van der Waals surface area contributed by atoms with Crippen molar-refractivity contribution in [2.45, 2.75) is 0 Å². The molecule has 7 aromatic carbocycles. The van der Waals surface area contributed by atoms with E-state index < -0.39 is 18.1 Å². The van der Waals surface area contributed by atoms with E-state index in [9.17, 15) is 0 Å². The molecule has 0 unspecified atom stereocenters. The third-order valence-electron chi connectivity index (χ3n) is 9.56. The summed E-state index contributed by atoms with van der Waals surface area (Å²) in [7, 11) is 0. The molecule has 11 rings (SSSR count). The Balaban J connectivity index is 1.15. The molecule has 4 nitrogen and oxygen atoms in total. The Bertz CT molecular complexity index is 3380. The van der Waals surface area contributed by atoms with Crippen LogP contribution < -0.4 is 0 Å². The van der Waals surface area contributed by atoms with E-state index in [1.165, 1.54) is 10.8 Å². The van der Waals surface area contributed by atoms with Crippen molar-refractivity contribution >= 4 is 84.8 Å². The highest BCUT2D eigenvalue weighted by Gasteiger charge is 2.19. The third-order valence-corrected chi connectivity index (χ3v) is 12.0. The summed E-state index contributed by atoms with van der Waals surface area (Å²) in [4.78, 5) is 14.8. The lowest BCUT2D eigenvalue weighted by Gasteiger charge is -2.09. The minimum Gasteiger partial charge on any atom is -0.308 e. The van der Waals surface area contributed by atoms with Crippen LogP contribution in [0.2, 0.25) is 0 Å². The number of nitrogens with zero attached hydrogens (tertiary/aromatic N) is 4. The Labute approximate surface area is 307 Å². The van der Waals surface area contributed by atoms with Crippen LogP contribution in [0.3, 0.4) is 0 Å². The van der Waals surface area contributed by atoms with Gasteiger partial charge in [0.1, 0.15) is 0 Å². The topological polar surface area (TPSA) is 43.6 Å². The van der Waals surface area contributed by atoms with Crippen LogP contribution in [0.5, 0.6) is 0 Å². The van der Waals surface area contributed by atoms with Crippen molar-refractivity contribution in [2.75, 3.05) is 0 Å². The highest BCUT2D eigenvalue weighted by molar-refractivity contribution is 7.26. The molecule has 238 valence electrons. The summed E-state index contributed by atoms with van der Waals surface area (Å²) in [6.45, 7) is 0. The van der Waals surface area contributed by atoms with E-state index in [2.05, 4.69) is 102 Å². The largest absolute Gasteiger partial charge is 0.308 e. The average Bonchev–Trinajstić information content (AvgIpc) is 3.91. The predicted molar refractivity (Wildman–Crippen MR) is 216 cm³/mol. The first-order chi connectivity index (χ1) is 27.4. The van der Waals surface area contributed by atoms with Gasteiger partial charge in [-0.2, -0.15) is 0 Å². The molecule has 0 N–H and O–H groups in total. The van der Waals surface area contributed by atoms with Crippen molar-refractivity contribution < 1.29 is 6.85 Å². The van der Waals surface area contributed by atoms with E-state index in [4.69, 9.17) is 21.8 Å². The van der Waals surface area contributed by atoms with E-state index in [-0.39, 0.29) is 23.5 Å². The Kier molecular flexibility index (Phi) is 5.25. The van der Waals surface area contributed by atoms with Gasteiger partial charge in [0.15, 0.2) is 17.5 Å².